The maximum atomic E-state index is 11.1. The fourth-order valence-electron chi connectivity index (χ4n) is 1.79. The first-order valence-electron chi connectivity index (χ1n) is 5.97. The van der Waals surface area contributed by atoms with Crippen LogP contribution in [0.15, 0.2) is 24.4 Å². The molecule has 0 unspecified atom stereocenters. The van der Waals surface area contributed by atoms with Crippen molar-refractivity contribution in [1.29, 1.82) is 0 Å². The maximum Gasteiger partial charge on any atom is 0.311 e. The number of hydrogen-bond acceptors (Lipinski definition) is 5. The van der Waals surface area contributed by atoms with E-state index in [0.29, 0.717) is 21.6 Å². The Balaban J connectivity index is 2.56. The molecule has 2 aromatic rings. The molecule has 7 heteroatoms. The predicted octanol–water partition coefficient (Wildman–Crippen LogP) is 2.98. The second-order valence-corrected chi connectivity index (χ2v) is 5.54. The lowest BCUT2D eigenvalue weighted by Crippen LogP contribution is -2.29. The van der Waals surface area contributed by atoms with Gasteiger partial charge in [0.1, 0.15) is 11.9 Å². The van der Waals surface area contributed by atoms with Crippen LogP contribution in [-0.2, 0) is 0 Å². The number of benzene rings is 1. The quantitative estimate of drug-likeness (QED) is 0.668. The van der Waals surface area contributed by atoms with Gasteiger partial charge in [0.15, 0.2) is 0 Å². The van der Waals surface area contributed by atoms with Gasteiger partial charge in [0.2, 0.25) is 0 Å². The highest BCUT2D eigenvalue weighted by Crippen LogP contribution is 2.32. The van der Waals surface area contributed by atoms with Crippen molar-refractivity contribution in [3.8, 4) is 0 Å². The number of aromatic nitrogens is 1. The molecule has 0 amide bonds. The van der Waals surface area contributed by atoms with E-state index in [1.165, 1.54) is 6.20 Å². The first kappa shape index (κ1) is 14.5. The Hall–Kier alpha value is -1.92. The summed E-state index contributed by atoms with van der Waals surface area (Å²) in [5.41, 5.74) is -0.236. The van der Waals surface area contributed by atoms with E-state index >= 15 is 0 Å². The number of halogens is 1. The number of nitrogens with zero attached hydrogens (tertiary/aromatic N) is 2. The molecule has 2 N–H and O–H groups in total. The Morgan fingerprint density at radius 3 is 2.80 bits per heavy atom. The Labute approximate surface area is 120 Å². The minimum atomic E-state index is -0.990. The van der Waals surface area contributed by atoms with Gasteiger partial charge in [-0.05, 0) is 32.0 Å². The van der Waals surface area contributed by atoms with Crippen LogP contribution in [0.2, 0.25) is 5.02 Å². The molecule has 0 spiro atoms. The SMILES string of the molecule is CC(C)(O)CNc1c([N+](=O)[O-])cnc2cc(Cl)ccc12. The highest BCUT2D eigenvalue weighted by molar-refractivity contribution is 6.31. The molecular formula is C13H14ClN3O3. The van der Waals surface area contributed by atoms with Crippen LogP contribution in [0.1, 0.15) is 13.8 Å². The molecule has 1 aromatic carbocycles. The van der Waals surface area contributed by atoms with Gasteiger partial charge >= 0.3 is 5.69 Å². The number of anilines is 1. The van der Waals surface area contributed by atoms with Crippen LogP contribution >= 0.6 is 11.6 Å². The van der Waals surface area contributed by atoms with Crippen LogP contribution in [0, 0.1) is 10.1 Å². The fraction of sp³-hybridized carbons (Fsp3) is 0.308. The zero-order valence-corrected chi connectivity index (χ0v) is 11.8. The number of nitrogens with one attached hydrogen (secondary N) is 1. The molecule has 0 aliphatic carbocycles. The summed E-state index contributed by atoms with van der Waals surface area (Å²) in [5.74, 6) is 0. The lowest BCUT2D eigenvalue weighted by atomic mass is 10.1. The van der Waals surface area contributed by atoms with Crippen molar-refractivity contribution in [2.45, 2.75) is 19.4 Å². The molecule has 0 aliphatic rings. The zero-order valence-electron chi connectivity index (χ0n) is 11.1. The molecule has 0 bridgehead atoms. The molecule has 106 valence electrons. The number of hydrogen-bond donors (Lipinski definition) is 2. The average molecular weight is 296 g/mol. The predicted molar refractivity (Wildman–Crippen MR) is 78.2 cm³/mol. The summed E-state index contributed by atoms with van der Waals surface area (Å²) in [5, 5.41) is 24.9. The van der Waals surface area contributed by atoms with Crippen molar-refractivity contribution < 1.29 is 10.0 Å². The number of aliphatic hydroxyl groups is 1. The number of fused-ring (bicyclic) bond motifs is 1. The summed E-state index contributed by atoms with van der Waals surface area (Å²) >= 11 is 5.89. The molecule has 0 radical (unpaired) electrons. The van der Waals surface area contributed by atoms with Gasteiger partial charge in [0.05, 0.1) is 16.0 Å². The van der Waals surface area contributed by atoms with E-state index in [0.717, 1.165) is 0 Å². The minimum Gasteiger partial charge on any atom is -0.389 e. The standard InChI is InChI=1S/C13H14ClN3O3/c1-13(2,18)7-16-12-9-4-3-8(14)5-10(9)15-6-11(12)17(19)20/h3-6,18H,7H2,1-2H3,(H,15,16). The van der Waals surface area contributed by atoms with Crippen LogP contribution in [0.5, 0.6) is 0 Å². The zero-order chi connectivity index (χ0) is 14.9. The van der Waals surface area contributed by atoms with E-state index in [9.17, 15) is 15.2 Å². The number of nitro groups is 1. The molecule has 20 heavy (non-hydrogen) atoms. The monoisotopic (exact) mass is 295 g/mol. The smallest absolute Gasteiger partial charge is 0.311 e. The van der Waals surface area contributed by atoms with Crippen molar-refractivity contribution in [2.75, 3.05) is 11.9 Å². The third-order valence-electron chi connectivity index (χ3n) is 2.71. The van der Waals surface area contributed by atoms with Crippen LogP contribution in [-0.4, -0.2) is 27.2 Å². The van der Waals surface area contributed by atoms with Crippen LogP contribution in [0.4, 0.5) is 11.4 Å². The summed E-state index contributed by atoms with van der Waals surface area (Å²) in [7, 11) is 0. The fourth-order valence-corrected chi connectivity index (χ4v) is 1.95. The van der Waals surface area contributed by atoms with Gasteiger partial charge in [-0.2, -0.15) is 0 Å². The summed E-state index contributed by atoms with van der Waals surface area (Å²) in [6, 6.07) is 4.95. The third-order valence-corrected chi connectivity index (χ3v) is 2.94. The summed E-state index contributed by atoms with van der Waals surface area (Å²) in [6.07, 6.45) is 1.19. The molecule has 2 rings (SSSR count). The molecule has 0 saturated heterocycles. The van der Waals surface area contributed by atoms with Gasteiger partial charge in [-0.15, -0.1) is 0 Å². The lowest BCUT2D eigenvalue weighted by molar-refractivity contribution is -0.384. The van der Waals surface area contributed by atoms with E-state index < -0.39 is 10.5 Å². The molecule has 0 aliphatic heterocycles. The first-order chi connectivity index (χ1) is 9.28. The number of rotatable bonds is 4. The minimum absolute atomic E-state index is 0.135. The second-order valence-electron chi connectivity index (χ2n) is 5.10. The second kappa shape index (κ2) is 5.22. The maximum absolute atomic E-state index is 11.1. The van der Waals surface area contributed by atoms with Crippen molar-refractivity contribution in [2.24, 2.45) is 0 Å². The largest absolute Gasteiger partial charge is 0.389 e. The van der Waals surface area contributed by atoms with E-state index in [4.69, 9.17) is 11.6 Å². The van der Waals surface area contributed by atoms with Crippen LogP contribution < -0.4 is 5.32 Å². The normalized spacial score (nSPS) is 11.6. The van der Waals surface area contributed by atoms with Gasteiger partial charge in [-0.25, -0.2) is 4.98 Å². The van der Waals surface area contributed by atoms with E-state index in [1.807, 2.05) is 0 Å². The summed E-state index contributed by atoms with van der Waals surface area (Å²) < 4.78 is 0. The van der Waals surface area contributed by atoms with Crippen molar-refractivity contribution >= 4 is 33.9 Å². The van der Waals surface area contributed by atoms with Crippen molar-refractivity contribution in [1.82, 2.24) is 4.98 Å². The van der Waals surface area contributed by atoms with E-state index in [1.54, 1.807) is 32.0 Å². The Kier molecular flexibility index (Phi) is 3.78. The van der Waals surface area contributed by atoms with E-state index in [-0.39, 0.29) is 12.2 Å². The average Bonchev–Trinajstić information content (AvgIpc) is 2.34. The molecule has 6 nitrogen and oxygen atoms in total. The molecular weight excluding hydrogens is 282 g/mol. The summed E-state index contributed by atoms with van der Waals surface area (Å²) in [4.78, 5) is 14.6. The lowest BCUT2D eigenvalue weighted by Gasteiger charge is -2.19. The molecule has 0 atom stereocenters. The third kappa shape index (κ3) is 3.15. The van der Waals surface area contributed by atoms with Gasteiger partial charge in [0, 0.05) is 17.0 Å². The summed E-state index contributed by atoms with van der Waals surface area (Å²) in [6.45, 7) is 3.41. The van der Waals surface area contributed by atoms with Gasteiger partial charge < -0.3 is 10.4 Å². The van der Waals surface area contributed by atoms with Crippen LogP contribution in [0.3, 0.4) is 0 Å². The van der Waals surface area contributed by atoms with Gasteiger partial charge in [-0.3, -0.25) is 10.1 Å². The van der Waals surface area contributed by atoms with Crippen LogP contribution in [0.25, 0.3) is 10.9 Å². The van der Waals surface area contributed by atoms with Gasteiger partial charge in [0.25, 0.3) is 0 Å². The molecule has 1 aromatic heterocycles. The molecule has 1 heterocycles. The Morgan fingerprint density at radius 2 is 2.20 bits per heavy atom. The highest BCUT2D eigenvalue weighted by atomic mass is 35.5. The number of pyridine rings is 1. The molecule has 0 fully saturated rings. The highest BCUT2D eigenvalue weighted by Gasteiger charge is 2.20. The van der Waals surface area contributed by atoms with Gasteiger partial charge in [-0.1, -0.05) is 11.6 Å². The Morgan fingerprint density at radius 1 is 1.50 bits per heavy atom. The molecule has 0 saturated carbocycles. The van der Waals surface area contributed by atoms with Crippen molar-refractivity contribution in [3.63, 3.8) is 0 Å². The van der Waals surface area contributed by atoms with Crippen molar-refractivity contribution in [3.05, 3.63) is 39.5 Å². The van der Waals surface area contributed by atoms with E-state index in [2.05, 4.69) is 10.3 Å². The Bertz CT molecular complexity index is 668. The first-order valence-corrected chi connectivity index (χ1v) is 6.34. The topological polar surface area (TPSA) is 88.3 Å².